The molecule has 0 aromatic rings. The summed E-state index contributed by atoms with van der Waals surface area (Å²) < 4.78 is 5.24. The third-order valence-corrected chi connectivity index (χ3v) is 7.52. The van der Waals surface area contributed by atoms with Crippen LogP contribution in [-0.4, -0.2) is 23.1 Å². The predicted octanol–water partition coefficient (Wildman–Crippen LogP) is 3.95. The lowest BCUT2D eigenvalue weighted by molar-refractivity contribution is -0.141. The van der Waals surface area contributed by atoms with Crippen molar-refractivity contribution in [3.63, 3.8) is 0 Å². The second-order valence-electron chi connectivity index (χ2n) is 8.63. The molecule has 1 heterocycles. The van der Waals surface area contributed by atoms with Crippen molar-refractivity contribution in [2.45, 2.75) is 70.8 Å². The Balaban J connectivity index is 1.59. The van der Waals surface area contributed by atoms with Gasteiger partial charge in [0.2, 0.25) is 0 Å². The number of carbonyl (C=O) groups excluding carboxylic acids is 1. The van der Waals surface area contributed by atoms with E-state index in [2.05, 4.69) is 6.92 Å². The summed E-state index contributed by atoms with van der Waals surface area (Å²) in [4.78, 5) is 23.2. The number of aliphatic carboxylic acids is 1. The van der Waals surface area contributed by atoms with Crippen LogP contribution in [0.25, 0.3) is 0 Å². The van der Waals surface area contributed by atoms with Crippen molar-refractivity contribution in [2.24, 2.45) is 29.1 Å². The van der Waals surface area contributed by atoms with E-state index in [0.717, 1.165) is 18.3 Å². The van der Waals surface area contributed by atoms with Gasteiger partial charge in [-0.15, -0.1) is 0 Å². The fourth-order valence-corrected chi connectivity index (χ4v) is 6.56. The van der Waals surface area contributed by atoms with Crippen LogP contribution in [0.4, 0.5) is 0 Å². The molecule has 4 aliphatic carbocycles. The van der Waals surface area contributed by atoms with Crippen molar-refractivity contribution in [1.82, 2.24) is 0 Å². The van der Waals surface area contributed by atoms with Crippen molar-refractivity contribution in [3.05, 3.63) is 11.6 Å². The van der Waals surface area contributed by atoms with Crippen molar-refractivity contribution in [2.75, 3.05) is 0 Å². The van der Waals surface area contributed by atoms with E-state index in [1.165, 1.54) is 32.1 Å². The van der Waals surface area contributed by atoms with Gasteiger partial charge in [0, 0.05) is 12.0 Å². The number of hydrogen-bond acceptors (Lipinski definition) is 3. The number of cyclic esters (lactones) is 1. The Morgan fingerprint density at radius 2 is 1.83 bits per heavy atom. The maximum absolute atomic E-state index is 11.9. The lowest BCUT2D eigenvalue weighted by Gasteiger charge is -2.61. The molecule has 5 rings (SSSR count). The highest BCUT2D eigenvalue weighted by Gasteiger charge is 2.56. The van der Waals surface area contributed by atoms with Gasteiger partial charge in [-0.3, -0.25) is 4.79 Å². The quantitative estimate of drug-likeness (QED) is 0.612. The standard InChI is InChI=1S/C20H28O4/c1-2-20(15-6-12-5-13(8-15)9-16(20)7-12)11-14(19(22)23)10-17-3-4-18(21)24-17/h10,12-13,15-17H,2-9,11H2,1H3,(H,22,23). The summed E-state index contributed by atoms with van der Waals surface area (Å²) >= 11 is 0. The van der Waals surface area contributed by atoms with Gasteiger partial charge >= 0.3 is 11.9 Å². The number of carboxylic acids is 1. The van der Waals surface area contributed by atoms with Crippen LogP contribution in [0.3, 0.4) is 0 Å². The van der Waals surface area contributed by atoms with Crippen LogP contribution >= 0.6 is 0 Å². The molecule has 0 amide bonds. The molecule has 5 aliphatic rings. The summed E-state index contributed by atoms with van der Waals surface area (Å²) in [5, 5.41) is 9.76. The third-order valence-electron chi connectivity index (χ3n) is 7.52. The second kappa shape index (κ2) is 5.89. The summed E-state index contributed by atoms with van der Waals surface area (Å²) in [5.74, 6) is 2.11. The lowest BCUT2D eigenvalue weighted by Crippen LogP contribution is -2.53. The van der Waals surface area contributed by atoms with Gasteiger partial charge in [-0.1, -0.05) is 6.92 Å². The van der Waals surface area contributed by atoms with Crippen LogP contribution in [0.2, 0.25) is 0 Å². The molecule has 4 nitrogen and oxygen atoms in total. The Kier molecular flexibility index (Phi) is 3.97. The highest BCUT2D eigenvalue weighted by Crippen LogP contribution is 2.65. The summed E-state index contributed by atoms with van der Waals surface area (Å²) in [7, 11) is 0. The molecule has 5 fully saturated rings. The minimum Gasteiger partial charge on any atom is -0.478 e. The second-order valence-corrected chi connectivity index (χ2v) is 8.63. The molecule has 0 aromatic heterocycles. The zero-order valence-electron chi connectivity index (χ0n) is 14.5. The van der Waals surface area contributed by atoms with Crippen molar-refractivity contribution < 1.29 is 19.4 Å². The van der Waals surface area contributed by atoms with E-state index >= 15 is 0 Å². The first-order valence-electron chi connectivity index (χ1n) is 9.63. The molecule has 132 valence electrons. The molecule has 1 aliphatic heterocycles. The highest BCUT2D eigenvalue weighted by atomic mass is 16.5. The van der Waals surface area contributed by atoms with Crippen molar-refractivity contribution in [1.29, 1.82) is 0 Å². The summed E-state index contributed by atoms with van der Waals surface area (Å²) in [5.41, 5.74) is 0.629. The SMILES string of the molecule is CCC1(CC(=CC2CCC(=O)O2)C(=O)O)C2CC3CC(C2)CC1C3. The minimum absolute atomic E-state index is 0.153. The van der Waals surface area contributed by atoms with Crippen LogP contribution in [0.15, 0.2) is 11.6 Å². The van der Waals surface area contributed by atoms with E-state index < -0.39 is 5.97 Å². The Bertz CT molecular complexity index is 548. The van der Waals surface area contributed by atoms with Crippen LogP contribution in [0.5, 0.6) is 0 Å². The zero-order chi connectivity index (χ0) is 16.9. The molecule has 0 aromatic carbocycles. The van der Waals surface area contributed by atoms with Crippen LogP contribution < -0.4 is 0 Å². The van der Waals surface area contributed by atoms with Crippen LogP contribution in [0, 0.1) is 29.1 Å². The van der Waals surface area contributed by atoms with Gasteiger partial charge in [0.15, 0.2) is 0 Å². The Morgan fingerprint density at radius 3 is 2.29 bits per heavy atom. The molecule has 0 radical (unpaired) electrons. The summed E-state index contributed by atoms with van der Waals surface area (Å²) in [6, 6.07) is 0. The fraction of sp³-hybridized carbons (Fsp3) is 0.800. The lowest BCUT2D eigenvalue weighted by atomic mass is 9.43. The van der Waals surface area contributed by atoms with Crippen molar-refractivity contribution in [3.8, 4) is 0 Å². The first-order chi connectivity index (χ1) is 11.5. The van der Waals surface area contributed by atoms with Gasteiger partial charge in [0.25, 0.3) is 0 Å². The van der Waals surface area contributed by atoms with E-state index in [-0.39, 0.29) is 17.5 Å². The topological polar surface area (TPSA) is 63.6 Å². The average Bonchev–Trinajstić information content (AvgIpc) is 2.94. The molecule has 4 bridgehead atoms. The Hall–Kier alpha value is -1.32. The smallest absolute Gasteiger partial charge is 0.331 e. The van der Waals surface area contributed by atoms with Crippen molar-refractivity contribution >= 4 is 11.9 Å². The number of esters is 1. The normalized spacial score (nSPS) is 44.0. The van der Waals surface area contributed by atoms with Gasteiger partial charge in [-0.25, -0.2) is 4.79 Å². The molecular formula is C20H28O4. The molecule has 4 saturated carbocycles. The molecule has 1 atom stereocenters. The zero-order valence-corrected chi connectivity index (χ0v) is 14.5. The fourth-order valence-electron chi connectivity index (χ4n) is 6.56. The molecule has 0 spiro atoms. The predicted molar refractivity (Wildman–Crippen MR) is 89.2 cm³/mol. The van der Waals surface area contributed by atoms with Crippen LogP contribution in [0.1, 0.15) is 64.7 Å². The van der Waals surface area contributed by atoms with E-state index in [0.29, 0.717) is 36.7 Å². The Labute approximate surface area is 143 Å². The highest BCUT2D eigenvalue weighted by molar-refractivity contribution is 5.87. The minimum atomic E-state index is -0.834. The maximum Gasteiger partial charge on any atom is 0.331 e. The number of carbonyl (C=O) groups is 2. The largest absolute Gasteiger partial charge is 0.478 e. The number of carboxylic acid groups (broad SMARTS) is 1. The van der Waals surface area contributed by atoms with E-state index in [4.69, 9.17) is 4.74 Å². The number of hydrogen-bond donors (Lipinski definition) is 1. The third kappa shape index (κ3) is 2.58. The molecule has 1 unspecified atom stereocenters. The Morgan fingerprint density at radius 1 is 1.21 bits per heavy atom. The van der Waals surface area contributed by atoms with Gasteiger partial charge in [-0.05, 0) is 86.5 Å². The van der Waals surface area contributed by atoms with Gasteiger partial charge < -0.3 is 9.84 Å². The number of ether oxygens (including phenoxy) is 1. The molecule has 1 N–H and O–H groups in total. The van der Waals surface area contributed by atoms with E-state index in [9.17, 15) is 14.7 Å². The first kappa shape index (κ1) is 16.2. The average molecular weight is 332 g/mol. The monoisotopic (exact) mass is 332 g/mol. The van der Waals surface area contributed by atoms with E-state index in [1.807, 2.05) is 0 Å². The molecule has 4 heteroatoms. The number of rotatable bonds is 5. The van der Waals surface area contributed by atoms with Gasteiger partial charge in [0.1, 0.15) is 6.10 Å². The summed E-state index contributed by atoms with van der Waals surface area (Å²) in [6.07, 6.45) is 10.7. The molecule has 24 heavy (non-hydrogen) atoms. The molecular weight excluding hydrogens is 304 g/mol. The summed E-state index contributed by atoms with van der Waals surface area (Å²) in [6.45, 7) is 2.25. The van der Waals surface area contributed by atoms with Gasteiger partial charge in [0.05, 0.1) is 0 Å². The van der Waals surface area contributed by atoms with Gasteiger partial charge in [-0.2, -0.15) is 0 Å². The maximum atomic E-state index is 11.9. The van der Waals surface area contributed by atoms with E-state index in [1.54, 1.807) is 6.08 Å². The first-order valence-corrected chi connectivity index (χ1v) is 9.63. The van der Waals surface area contributed by atoms with Crippen LogP contribution in [-0.2, 0) is 14.3 Å². The molecule has 1 saturated heterocycles.